The second-order valence-corrected chi connectivity index (χ2v) is 10.3. The number of benzene rings is 2. The van der Waals surface area contributed by atoms with Crippen molar-refractivity contribution < 1.29 is 4.74 Å². The Morgan fingerprint density at radius 2 is 1.50 bits per heavy atom. The molecule has 166 valence electrons. The lowest BCUT2D eigenvalue weighted by molar-refractivity contribution is 0.481. The normalized spacial score (nSPS) is 12.2. The van der Waals surface area contributed by atoms with Crippen LogP contribution in [0.1, 0.15) is 52.9 Å². The molecule has 4 aromatic rings. The molecule has 0 atom stereocenters. The summed E-state index contributed by atoms with van der Waals surface area (Å²) in [5.74, 6) is 2.45. The molecule has 0 amide bonds. The average molecular weight is 429 g/mol. The smallest absolute Gasteiger partial charge is 0.139 e. The first-order chi connectivity index (χ1) is 15.0. The van der Waals surface area contributed by atoms with Gasteiger partial charge in [0.05, 0.1) is 11.4 Å². The molecule has 0 aliphatic heterocycles. The van der Waals surface area contributed by atoms with Gasteiger partial charge in [-0.15, -0.1) is 0 Å². The van der Waals surface area contributed by atoms with Crippen molar-refractivity contribution >= 4 is 0 Å². The van der Waals surface area contributed by atoms with Crippen LogP contribution in [-0.2, 0) is 17.9 Å². The Bertz CT molecular complexity index is 1240. The Kier molecular flexibility index (Phi) is 5.45. The first kappa shape index (κ1) is 21.9. The van der Waals surface area contributed by atoms with E-state index < -0.39 is 0 Å². The van der Waals surface area contributed by atoms with E-state index in [1.807, 2.05) is 60.3 Å². The highest BCUT2D eigenvalue weighted by molar-refractivity contribution is 5.58. The zero-order valence-electron chi connectivity index (χ0n) is 20.0. The lowest BCUT2D eigenvalue weighted by atomic mass is 9.88. The zero-order valence-corrected chi connectivity index (χ0v) is 20.0. The van der Waals surface area contributed by atoms with Crippen molar-refractivity contribution in [2.75, 3.05) is 0 Å². The summed E-state index contributed by atoms with van der Waals surface area (Å²) in [4.78, 5) is 4.44. The molecule has 5 nitrogen and oxygen atoms in total. The van der Waals surface area contributed by atoms with Crippen molar-refractivity contribution in [3.8, 4) is 28.6 Å². The Labute approximate surface area is 190 Å². The molecule has 4 rings (SSSR count). The molecule has 0 bridgehead atoms. The maximum absolute atomic E-state index is 6.24. The highest BCUT2D eigenvalue weighted by atomic mass is 16.5. The lowest BCUT2D eigenvalue weighted by Gasteiger charge is -2.20. The van der Waals surface area contributed by atoms with E-state index in [2.05, 4.69) is 63.3 Å². The molecular formula is C27H32N4O. The minimum absolute atomic E-state index is 0.0230. The Hall–Kier alpha value is -3.34. The lowest BCUT2D eigenvalue weighted by Crippen LogP contribution is -2.17. The SMILES string of the molecule is Cn1ccnc1-c1cccc(Oc2cccc(-n3nc(C(C)(C)C)cc3C(C)(C)C)c2)c1. The van der Waals surface area contributed by atoms with E-state index >= 15 is 0 Å². The summed E-state index contributed by atoms with van der Waals surface area (Å²) < 4.78 is 10.3. The molecule has 0 radical (unpaired) electrons. The summed E-state index contributed by atoms with van der Waals surface area (Å²) >= 11 is 0. The van der Waals surface area contributed by atoms with E-state index in [4.69, 9.17) is 9.84 Å². The van der Waals surface area contributed by atoms with Crippen molar-refractivity contribution in [3.63, 3.8) is 0 Å². The van der Waals surface area contributed by atoms with E-state index in [1.54, 1.807) is 6.20 Å². The predicted octanol–water partition coefficient (Wildman–Crippen LogP) is 6.66. The summed E-state index contributed by atoms with van der Waals surface area (Å²) in [5, 5.41) is 4.97. The van der Waals surface area contributed by atoms with Gasteiger partial charge in [0, 0.05) is 47.6 Å². The molecule has 0 spiro atoms. The molecule has 0 unspecified atom stereocenters. The van der Waals surface area contributed by atoms with Gasteiger partial charge in [-0.3, -0.25) is 0 Å². The van der Waals surface area contributed by atoms with Crippen molar-refractivity contribution in [2.45, 2.75) is 52.4 Å². The third kappa shape index (κ3) is 4.47. The third-order valence-corrected chi connectivity index (χ3v) is 5.46. The van der Waals surface area contributed by atoms with E-state index in [0.29, 0.717) is 0 Å². The summed E-state index contributed by atoms with van der Waals surface area (Å²) in [5.41, 5.74) is 4.20. The van der Waals surface area contributed by atoms with Crippen LogP contribution in [0.15, 0.2) is 67.0 Å². The molecular weight excluding hydrogens is 396 g/mol. The van der Waals surface area contributed by atoms with Gasteiger partial charge in [-0.05, 0) is 30.3 Å². The Morgan fingerprint density at radius 1 is 0.812 bits per heavy atom. The van der Waals surface area contributed by atoms with Crippen LogP contribution in [0.3, 0.4) is 0 Å². The van der Waals surface area contributed by atoms with Crippen LogP contribution in [0.5, 0.6) is 11.5 Å². The summed E-state index contributed by atoms with van der Waals surface area (Å²) in [6.45, 7) is 13.2. The first-order valence-corrected chi connectivity index (χ1v) is 11.0. The van der Waals surface area contributed by atoms with Crippen LogP contribution in [0.25, 0.3) is 17.1 Å². The van der Waals surface area contributed by atoms with Crippen LogP contribution in [0.2, 0.25) is 0 Å². The van der Waals surface area contributed by atoms with E-state index in [0.717, 1.165) is 34.3 Å². The van der Waals surface area contributed by atoms with Gasteiger partial charge in [0.2, 0.25) is 0 Å². The molecule has 32 heavy (non-hydrogen) atoms. The maximum Gasteiger partial charge on any atom is 0.139 e. The fourth-order valence-corrected chi connectivity index (χ4v) is 3.64. The molecule has 0 aliphatic carbocycles. The number of aromatic nitrogens is 4. The van der Waals surface area contributed by atoms with Crippen LogP contribution in [0, 0.1) is 0 Å². The number of rotatable bonds is 4. The zero-order chi connectivity index (χ0) is 23.1. The van der Waals surface area contributed by atoms with E-state index in [-0.39, 0.29) is 10.8 Å². The summed E-state index contributed by atoms with van der Waals surface area (Å²) in [6, 6.07) is 18.3. The monoisotopic (exact) mass is 428 g/mol. The largest absolute Gasteiger partial charge is 0.457 e. The fraction of sp³-hybridized carbons (Fsp3) is 0.333. The average Bonchev–Trinajstić information content (AvgIpc) is 3.35. The number of aryl methyl sites for hydroxylation is 1. The summed E-state index contributed by atoms with van der Waals surface area (Å²) in [6.07, 6.45) is 3.74. The molecule has 5 heteroatoms. The third-order valence-electron chi connectivity index (χ3n) is 5.46. The molecule has 0 aliphatic rings. The highest BCUT2D eigenvalue weighted by Gasteiger charge is 2.26. The summed E-state index contributed by atoms with van der Waals surface area (Å²) in [7, 11) is 1.99. The van der Waals surface area contributed by atoms with Crippen molar-refractivity contribution in [2.24, 2.45) is 7.05 Å². The van der Waals surface area contributed by atoms with Gasteiger partial charge in [-0.2, -0.15) is 5.10 Å². The van der Waals surface area contributed by atoms with Crippen LogP contribution in [-0.4, -0.2) is 19.3 Å². The van der Waals surface area contributed by atoms with Gasteiger partial charge < -0.3 is 9.30 Å². The quantitative estimate of drug-likeness (QED) is 0.365. The molecule has 0 saturated heterocycles. The van der Waals surface area contributed by atoms with E-state index in [9.17, 15) is 0 Å². The Morgan fingerprint density at radius 3 is 2.12 bits per heavy atom. The van der Waals surface area contributed by atoms with E-state index in [1.165, 1.54) is 5.69 Å². The first-order valence-electron chi connectivity index (χ1n) is 11.0. The van der Waals surface area contributed by atoms with Gasteiger partial charge >= 0.3 is 0 Å². The highest BCUT2D eigenvalue weighted by Crippen LogP contribution is 2.32. The second kappa shape index (κ2) is 7.97. The molecule has 0 saturated carbocycles. The number of nitrogens with zero attached hydrogens (tertiary/aromatic N) is 4. The number of hydrogen-bond donors (Lipinski definition) is 0. The maximum atomic E-state index is 6.24. The molecule has 2 aromatic carbocycles. The second-order valence-electron chi connectivity index (χ2n) is 10.3. The van der Waals surface area contributed by atoms with Gasteiger partial charge in [0.25, 0.3) is 0 Å². The topological polar surface area (TPSA) is 44.9 Å². The Balaban J connectivity index is 1.69. The van der Waals surface area contributed by atoms with Crippen molar-refractivity contribution in [1.82, 2.24) is 19.3 Å². The molecule has 0 N–H and O–H groups in total. The number of ether oxygens (including phenoxy) is 1. The molecule has 2 aromatic heterocycles. The molecule has 2 heterocycles. The van der Waals surface area contributed by atoms with Crippen molar-refractivity contribution in [1.29, 1.82) is 0 Å². The van der Waals surface area contributed by atoms with Crippen LogP contribution < -0.4 is 4.74 Å². The van der Waals surface area contributed by atoms with Gasteiger partial charge in [0.15, 0.2) is 0 Å². The number of hydrogen-bond acceptors (Lipinski definition) is 3. The van der Waals surface area contributed by atoms with Gasteiger partial charge in [-0.25, -0.2) is 9.67 Å². The van der Waals surface area contributed by atoms with Crippen LogP contribution in [0.4, 0.5) is 0 Å². The fourth-order valence-electron chi connectivity index (χ4n) is 3.64. The minimum Gasteiger partial charge on any atom is -0.457 e. The van der Waals surface area contributed by atoms with Crippen molar-refractivity contribution in [3.05, 3.63) is 78.4 Å². The molecule has 0 fully saturated rings. The predicted molar refractivity (Wildman–Crippen MR) is 130 cm³/mol. The standard InChI is InChI=1S/C27H32N4O/c1-26(2,3)23-18-24(27(4,5)6)31(29-23)20-11-9-13-22(17-20)32-21-12-8-10-19(16-21)25-28-14-15-30(25)7/h8-18H,1-7H3. The van der Waals surface area contributed by atoms with Crippen LogP contribution >= 0.6 is 0 Å². The van der Waals surface area contributed by atoms with Gasteiger partial charge in [0.1, 0.15) is 17.3 Å². The minimum atomic E-state index is -0.0379. The number of imidazole rings is 1. The van der Waals surface area contributed by atoms with Gasteiger partial charge in [-0.1, -0.05) is 59.7 Å².